The fraction of sp³-hybridized carbons (Fsp3) is 0.176. The summed E-state index contributed by atoms with van der Waals surface area (Å²) in [5.41, 5.74) is 2.69. The second kappa shape index (κ2) is 6.21. The van der Waals surface area contributed by atoms with Gasteiger partial charge in [-0.25, -0.2) is 14.6 Å². The zero-order chi connectivity index (χ0) is 16.4. The normalized spacial score (nSPS) is 16.4. The summed E-state index contributed by atoms with van der Waals surface area (Å²) in [5.74, 6) is 0.433. The number of hydrogen-bond donors (Lipinski definition) is 1. The van der Waals surface area contributed by atoms with Crippen LogP contribution >= 0.6 is 0 Å². The van der Waals surface area contributed by atoms with Gasteiger partial charge in [-0.2, -0.15) is 5.10 Å². The van der Waals surface area contributed by atoms with E-state index in [4.69, 9.17) is 4.74 Å². The van der Waals surface area contributed by atoms with Crippen LogP contribution in [-0.4, -0.2) is 32.3 Å². The Morgan fingerprint density at radius 3 is 2.96 bits per heavy atom. The van der Waals surface area contributed by atoms with Gasteiger partial charge in [-0.1, -0.05) is 24.3 Å². The molecule has 0 bridgehead atoms. The molecular formula is C17H15N5O2. The van der Waals surface area contributed by atoms with Crippen molar-refractivity contribution in [1.29, 1.82) is 0 Å². The number of nitrogens with zero attached hydrogens (tertiary/aromatic N) is 4. The maximum atomic E-state index is 12.6. The highest BCUT2D eigenvalue weighted by atomic mass is 16.5. The van der Waals surface area contributed by atoms with Gasteiger partial charge in [-0.05, 0) is 29.7 Å². The number of ether oxygens (including phenoxy) is 1. The Kier molecular flexibility index (Phi) is 3.76. The number of rotatable bonds is 3. The third-order valence-corrected chi connectivity index (χ3v) is 3.90. The highest BCUT2D eigenvalue weighted by molar-refractivity contribution is 5.95. The quantitative estimate of drug-likeness (QED) is 0.797. The van der Waals surface area contributed by atoms with Crippen molar-refractivity contribution in [2.75, 3.05) is 11.9 Å². The Morgan fingerprint density at radius 1 is 1.25 bits per heavy atom. The molecule has 1 amide bonds. The molecule has 0 spiro atoms. The topological polar surface area (TPSA) is 81.9 Å². The zero-order valence-corrected chi connectivity index (χ0v) is 12.8. The van der Waals surface area contributed by atoms with E-state index in [1.54, 1.807) is 29.3 Å². The van der Waals surface area contributed by atoms with Crippen molar-refractivity contribution in [3.8, 4) is 5.82 Å². The van der Waals surface area contributed by atoms with Gasteiger partial charge in [-0.3, -0.25) is 4.79 Å². The fourth-order valence-corrected chi connectivity index (χ4v) is 2.74. The first kappa shape index (κ1) is 14.5. The maximum absolute atomic E-state index is 12.6. The lowest BCUT2D eigenvalue weighted by Gasteiger charge is -2.25. The molecule has 3 heterocycles. The van der Waals surface area contributed by atoms with Crippen molar-refractivity contribution >= 4 is 11.6 Å². The van der Waals surface area contributed by atoms with Crippen molar-refractivity contribution in [1.82, 2.24) is 19.7 Å². The van der Waals surface area contributed by atoms with Crippen molar-refractivity contribution in [3.05, 3.63) is 66.4 Å². The zero-order valence-electron chi connectivity index (χ0n) is 12.8. The number of amides is 1. The predicted molar refractivity (Wildman–Crippen MR) is 86.6 cm³/mol. The van der Waals surface area contributed by atoms with Crippen LogP contribution in [0.1, 0.15) is 17.2 Å². The lowest BCUT2D eigenvalue weighted by atomic mass is 9.97. The van der Waals surface area contributed by atoms with Crippen LogP contribution < -0.4 is 5.32 Å². The number of nitrogens with one attached hydrogen (secondary N) is 1. The molecule has 0 unspecified atom stereocenters. The summed E-state index contributed by atoms with van der Waals surface area (Å²) in [7, 11) is 0. The minimum absolute atomic E-state index is 0.197. The van der Waals surface area contributed by atoms with Gasteiger partial charge in [0.25, 0.3) is 5.91 Å². The number of carbonyl (C=O) groups is 1. The molecule has 120 valence electrons. The van der Waals surface area contributed by atoms with Gasteiger partial charge in [0.1, 0.15) is 12.7 Å². The second-order valence-corrected chi connectivity index (χ2v) is 5.43. The number of fused-ring (bicyclic) bond motifs is 1. The third kappa shape index (κ3) is 2.77. The smallest absolute Gasteiger partial charge is 0.258 e. The van der Waals surface area contributed by atoms with Crippen LogP contribution in [0.25, 0.3) is 5.82 Å². The van der Waals surface area contributed by atoms with Crippen LogP contribution in [0.2, 0.25) is 0 Å². The van der Waals surface area contributed by atoms with Gasteiger partial charge < -0.3 is 10.1 Å². The molecule has 0 fully saturated rings. The van der Waals surface area contributed by atoms with Crippen molar-refractivity contribution in [2.24, 2.45) is 0 Å². The predicted octanol–water partition coefficient (Wildman–Crippen LogP) is 1.91. The van der Waals surface area contributed by atoms with Gasteiger partial charge >= 0.3 is 0 Å². The molecule has 1 aliphatic rings. The number of benzene rings is 1. The first-order valence-corrected chi connectivity index (χ1v) is 7.62. The molecule has 1 atom stereocenters. The molecule has 4 rings (SSSR count). The minimum Gasteiger partial charge on any atom is -0.363 e. The maximum Gasteiger partial charge on any atom is 0.258 e. The summed E-state index contributed by atoms with van der Waals surface area (Å²) < 4.78 is 7.21. The highest BCUT2D eigenvalue weighted by Crippen LogP contribution is 2.28. The van der Waals surface area contributed by atoms with Gasteiger partial charge in [0.2, 0.25) is 0 Å². The van der Waals surface area contributed by atoms with E-state index < -0.39 is 6.10 Å². The molecule has 0 saturated carbocycles. The Morgan fingerprint density at radius 2 is 2.17 bits per heavy atom. The van der Waals surface area contributed by atoms with E-state index in [1.165, 1.54) is 6.33 Å². The van der Waals surface area contributed by atoms with E-state index in [0.29, 0.717) is 18.1 Å². The lowest BCUT2D eigenvalue weighted by Crippen LogP contribution is -2.28. The van der Waals surface area contributed by atoms with Gasteiger partial charge in [-0.15, -0.1) is 0 Å². The Balaban J connectivity index is 1.51. The summed E-state index contributed by atoms with van der Waals surface area (Å²) in [6.45, 7) is 0.540. The Bertz CT molecular complexity index is 846. The van der Waals surface area contributed by atoms with Crippen LogP contribution in [0.3, 0.4) is 0 Å². The number of anilines is 1. The number of carbonyl (C=O) groups excluding carboxylic acids is 1. The van der Waals surface area contributed by atoms with E-state index in [0.717, 1.165) is 17.5 Å². The van der Waals surface area contributed by atoms with Crippen molar-refractivity contribution in [2.45, 2.75) is 12.5 Å². The van der Waals surface area contributed by atoms with Gasteiger partial charge in [0, 0.05) is 0 Å². The Hall–Kier alpha value is -3.06. The van der Waals surface area contributed by atoms with Crippen LogP contribution in [-0.2, 0) is 16.0 Å². The van der Waals surface area contributed by atoms with Crippen LogP contribution in [0.4, 0.5) is 5.69 Å². The monoisotopic (exact) mass is 321 g/mol. The second-order valence-electron chi connectivity index (χ2n) is 5.43. The van der Waals surface area contributed by atoms with Crippen LogP contribution in [0.5, 0.6) is 0 Å². The highest BCUT2D eigenvalue weighted by Gasteiger charge is 2.27. The van der Waals surface area contributed by atoms with Gasteiger partial charge in [0.15, 0.2) is 11.9 Å². The summed E-state index contributed by atoms with van der Waals surface area (Å²) in [6, 6.07) is 11.4. The molecule has 1 N–H and O–H groups in total. The van der Waals surface area contributed by atoms with Crippen LogP contribution in [0.15, 0.2) is 55.2 Å². The molecule has 0 radical (unpaired) electrons. The first-order chi connectivity index (χ1) is 11.8. The SMILES string of the molecule is O=C(Nc1ccc(-n2cncn2)nc1)[C@@H]1OCCc2ccccc21. The van der Waals surface area contributed by atoms with E-state index in [9.17, 15) is 4.79 Å². The summed E-state index contributed by atoms with van der Waals surface area (Å²) in [5, 5.41) is 6.86. The standard InChI is InChI=1S/C17H15N5O2/c23-17(16-14-4-2-1-3-12(14)7-8-24-16)21-13-5-6-15(19-9-13)22-11-18-10-20-22/h1-6,9-11,16H,7-8H2,(H,21,23)/t16-/m1/s1. The van der Waals surface area contributed by atoms with E-state index >= 15 is 0 Å². The third-order valence-electron chi connectivity index (χ3n) is 3.90. The van der Waals surface area contributed by atoms with Gasteiger partial charge in [0.05, 0.1) is 18.5 Å². The first-order valence-electron chi connectivity index (χ1n) is 7.62. The van der Waals surface area contributed by atoms with E-state index in [2.05, 4.69) is 20.4 Å². The molecule has 7 nitrogen and oxygen atoms in total. The molecule has 3 aromatic rings. The molecule has 24 heavy (non-hydrogen) atoms. The fourth-order valence-electron chi connectivity index (χ4n) is 2.74. The lowest BCUT2D eigenvalue weighted by molar-refractivity contribution is -0.128. The molecule has 2 aromatic heterocycles. The number of aromatic nitrogens is 4. The average Bonchev–Trinajstić information content (AvgIpc) is 3.16. The van der Waals surface area contributed by atoms with E-state index in [1.807, 2.05) is 24.3 Å². The van der Waals surface area contributed by atoms with Crippen molar-refractivity contribution in [3.63, 3.8) is 0 Å². The van der Waals surface area contributed by atoms with Crippen molar-refractivity contribution < 1.29 is 9.53 Å². The molecule has 1 aromatic carbocycles. The summed E-state index contributed by atoms with van der Waals surface area (Å²) in [4.78, 5) is 20.7. The average molecular weight is 321 g/mol. The molecular weight excluding hydrogens is 306 g/mol. The van der Waals surface area contributed by atoms with E-state index in [-0.39, 0.29) is 5.91 Å². The molecule has 1 aliphatic heterocycles. The molecule has 7 heteroatoms. The molecule has 0 aliphatic carbocycles. The summed E-state index contributed by atoms with van der Waals surface area (Å²) >= 11 is 0. The number of hydrogen-bond acceptors (Lipinski definition) is 5. The number of pyridine rings is 1. The summed E-state index contributed by atoms with van der Waals surface area (Å²) in [6.07, 6.45) is 4.82. The van der Waals surface area contributed by atoms with Crippen LogP contribution in [0, 0.1) is 0 Å². The largest absolute Gasteiger partial charge is 0.363 e. The molecule has 0 saturated heterocycles. The Labute approximate surface area is 138 Å². The minimum atomic E-state index is -0.593.